The summed E-state index contributed by atoms with van der Waals surface area (Å²) in [5.74, 6) is 0.118. The van der Waals surface area contributed by atoms with Gasteiger partial charge in [0.25, 0.3) is 0 Å². The summed E-state index contributed by atoms with van der Waals surface area (Å²) in [5.41, 5.74) is 2.30. The molecule has 21 heavy (non-hydrogen) atoms. The zero-order valence-corrected chi connectivity index (χ0v) is 12.5. The second-order valence-electron chi connectivity index (χ2n) is 5.12. The Hall–Kier alpha value is -2.29. The number of hydrogen-bond acceptors (Lipinski definition) is 2. The van der Waals surface area contributed by atoms with E-state index < -0.39 is 0 Å². The number of aryl methyl sites for hydroxylation is 1. The van der Waals surface area contributed by atoms with E-state index in [0.29, 0.717) is 6.54 Å². The zero-order chi connectivity index (χ0) is 14.9. The van der Waals surface area contributed by atoms with Crippen molar-refractivity contribution in [2.75, 3.05) is 25.5 Å². The summed E-state index contributed by atoms with van der Waals surface area (Å²) in [6.45, 7) is 1.12. The van der Waals surface area contributed by atoms with Crippen LogP contribution < -0.4 is 5.32 Å². The maximum atomic E-state index is 12.0. The maximum absolute atomic E-state index is 12.0. The number of nitrogens with zero attached hydrogens (tertiary/aromatic N) is 1. The number of anilines is 1. The van der Waals surface area contributed by atoms with E-state index in [1.165, 1.54) is 5.56 Å². The molecule has 2 aromatic carbocycles. The largest absolute Gasteiger partial charge is 0.376 e. The molecule has 0 bridgehead atoms. The maximum Gasteiger partial charge on any atom is 0.241 e. The van der Waals surface area contributed by atoms with E-state index in [9.17, 15) is 4.79 Å². The second kappa shape index (κ2) is 8.10. The van der Waals surface area contributed by atoms with Gasteiger partial charge in [-0.15, -0.1) is 0 Å². The van der Waals surface area contributed by atoms with Crippen LogP contribution in [0, 0.1) is 0 Å². The SMILES string of the molecule is CN(CCCc1ccccc1)C(=O)CNc1ccccc1. The molecule has 0 aliphatic heterocycles. The van der Waals surface area contributed by atoms with Gasteiger partial charge in [-0.05, 0) is 30.5 Å². The van der Waals surface area contributed by atoms with E-state index in [-0.39, 0.29) is 5.91 Å². The monoisotopic (exact) mass is 282 g/mol. The summed E-state index contributed by atoms with van der Waals surface area (Å²) >= 11 is 0. The fraction of sp³-hybridized carbons (Fsp3) is 0.278. The van der Waals surface area contributed by atoms with E-state index in [2.05, 4.69) is 17.4 Å². The van der Waals surface area contributed by atoms with Crippen molar-refractivity contribution in [3.63, 3.8) is 0 Å². The van der Waals surface area contributed by atoms with Crippen LogP contribution in [0.1, 0.15) is 12.0 Å². The summed E-state index contributed by atoms with van der Waals surface area (Å²) < 4.78 is 0. The van der Waals surface area contributed by atoms with E-state index in [1.54, 1.807) is 4.90 Å². The van der Waals surface area contributed by atoms with Gasteiger partial charge in [0.05, 0.1) is 6.54 Å². The number of nitrogens with one attached hydrogen (secondary N) is 1. The molecule has 0 heterocycles. The molecule has 0 spiro atoms. The molecule has 1 amide bonds. The van der Waals surface area contributed by atoms with Gasteiger partial charge in [-0.2, -0.15) is 0 Å². The molecular weight excluding hydrogens is 260 g/mol. The predicted molar refractivity (Wildman–Crippen MR) is 87.3 cm³/mol. The van der Waals surface area contributed by atoms with Gasteiger partial charge in [0, 0.05) is 19.3 Å². The Morgan fingerprint density at radius 2 is 1.62 bits per heavy atom. The first kappa shape index (κ1) is 15.1. The van der Waals surface area contributed by atoms with E-state index in [1.807, 2.05) is 55.6 Å². The van der Waals surface area contributed by atoms with Gasteiger partial charge in [-0.3, -0.25) is 4.79 Å². The number of amides is 1. The first-order valence-electron chi connectivity index (χ1n) is 7.32. The third kappa shape index (κ3) is 5.30. The summed E-state index contributed by atoms with van der Waals surface area (Å²) in [5, 5.41) is 3.14. The Balaban J connectivity index is 1.68. The molecule has 3 nitrogen and oxygen atoms in total. The number of benzene rings is 2. The molecule has 0 fully saturated rings. The molecule has 0 aromatic heterocycles. The van der Waals surface area contributed by atoms with Crippen molar-refractivity contribution in [2.24, 2.45) is 0 Å². The van der Waals surface area contributed by atoms with Gasteiger partial charge in [0.2, 0.25) is 5.91 Å². The molecule has 0 radical (unpaired) electrons. The Bertz CT molecular complexity index is 540. The number of para-hydroxylation sites is 1. The molecule has 3 heteroatoms. The lowest BCUT2D eigenvalue weighted by Gasteiger charge is -2.17. The molecule has 0 saturated carbocycles. The molecule has 2 rings (SSSR count). The number of hydrogen-bond donors (Lipinski definition) is 1. The molecule has 0 saturated heterocycles. The highest BCUT2D eigenvalue weighted by atomic mass is 16.2. The molecular formula is C18H22N2O. The van der Waals surface area contributed by atoms with Crippen molar-refractivity contribution in [2.45, 2.75) is 12.8 Å². The molecule has 1 N–H and O–H groups in total. The van der Waals surface area contributed by atoms with Crippen LogP contribution in [0.3, 0.4) is 0 Å². The number of carbonyl (C=O) groups excluding carboxylic acids is 1. The second-order valence-corrected chi connectivity index (χ2v) is 5.12. The van der Waals surface area contributed by atoms with Gasteiger partial charge < -0.3 is 10.2 Å². The van der Waals surface area contributed by atoms with Gasteiger partial charge in [0.1, 0.15) is 0 Å². The zero-order valence-electron chi connectivity index (χ0n) is 12.5. The average Bonchev–Trinajstić information content (AvgIpc) is 2.54. The molecule has 0 aliphatic rings. The Morgan fingerprint density at radius 3 is 2.29 bits per heavy atom. The van der Waals surface area contributed by atoms with E-state index in [0.717, 1.165) is 25.1 Å². The summed E-state index contributed by atoms with van der Waals surface area (Å²) in [4.78, 5) is 13.8. The van der Waals surface area contributed by atoms with Crippen LogP contribution in [0.4, 0.5) is 5.69 Å². The summed E-state index contributed by atoms with van der Waals surface area (Å²) in [6.07, 6.45) is 1.99. The van der Waals surface area contributed by atoms with Crippen molar-refractivity contribution < 1.29 is 4.79 Å². The minimum atomic E-state index is 0.118. The molecule has 110 valence electrons. The van der Waals surface area contributed by atoms with Crippen LogP contribution in [0.5, 0.6) is 0 Å². The van der Waals surface area contributed by atoms with Gasteiger partial charge in [-0.25, -0.2) is 0 Å². The van der Waals surface area contributed by atoms with Gasteiger partial charge in [-0.1, -0.05) is 48.5 Å². The third-order valence-corrected chi connectivity index (χ3v) is 3.45. The summed E-state index contributed by atoms with van der Waals surface area (Å²) in [6, 6.07) is 20.2. The molecule has 0 atom stereocenters. The fourth-order valence-electron chi connectivity index (χ4n) is 2.16. The highest BCUT2D eigenvalue weighted by Crippen LogP contribution is 2.05. The van der Waals surface area contributed by atoms with Crippen LogP contribution in [-0.2, 0) is 11.2 Å². The smallest absolute Gasteiger partial charge is 0.241 e. The third-order valence-electron chi connectivity index (χ3n) is 3.45. The Kier molecular flexibility index (Phi) is 5.83. The first-order valence-corrected chi connectivity index (χ1v) is 7.32. The topological polar surface area (TPSA) is 32.3 Å². The van der Waals surface area contributed by atoms with E-state index >= 15 is 0 Å². The molecule has 2 aromatic rings. The fourth-order valence-corrected chi connectivity index (χ4v) is 2.16. The average molecular weight is 282 g/mol. The van der Waals surface area contributed by atoms with Crippen molar-refractivity contribution in [3.8, 4) is 0 Å². The lowest BCUT2D eigenvalue weighted by atomic mass is 10.1. The minimum Gasteiger partial charge on any atom is -0.376 e. The predicted octanol–water partition coefficient (Wildman–Crippen LogP) is 3.19. The van der Waals surface area contributed by atoms with Gasteiger partial charge in [0.15, 0.2) is 0 Å². The van der Waals surface area contributed by atoms with Gasteiger partial charge >= 0.3 is 0 Å². The van der Waals surface area contributed by atoms with Crippen molar-refractivity contribution in [3.05, 3.63) is 66.2 Å². The Labute approximate surface area is 126 Å². The Morgan fingerprint density at radius 1 is 1.00 bits per heavy atom. The van der Waals surface area contributed by atoms with Crippen LogP contribution in [0.25, 0.3) is 0 Å². The number of rotatable bonds is 7. The molecule has 0 aliphatic carbocycles. The van der Waals surface area contributed by atoms with Crippen molar-refractivity contribution >= 4 is 11.6 Å². The molecule has 0 unspecified atom stereocenters. The lowest BCUT2D eigenvalue weighted by Crippen LogP contribution is -2.33. The standard InChI is InChI=1S/C18H22N2O/c1-20(14-8-11-16-9-4-2-5-10-16)18(21)15-19-17-12-6-3-7-13-17/h2-7,9-10,12-13,19H,8,11,14-15H2,1H3. The summed E-state index contributed by atoms with van der Waals surface area (Å²) in [7, 11) is 1.86. The normalized spacial score (nSPS) is 10.1. The van der Waals surface area contributed by atoms with Crippen LogP contribution >= 0.6 is 0 Å². The van der Waals surface area contributed by atoms with E-state index in [4.69, 9.17) is 0 Å². The first-order chi connectivity index (χ1) is 10.3. The van der Waals surface area contributed by atoms with Crippen molar-refractivity contribution in [1.29, 1.82) is 0 Å². The van der Waals surface area contributed by atoms with Crippen LogP contribution in [0.2, 0.25) is 0 Å². The highest BCUT2D eigenvalue weighted by molar-refractivity contribution is 5.80. The highest BCUT2D eigenvalue weighted by Gasteiger charge is 2.07. The number of carbonyl (C=O) groups is 1. The lowest BCUT2D eigenvalue weighted by molar-refractivity contribution is -0.128. The quantitative estimate of drug-likeness (QED) is 0.846. The van der Waals surface area contributed by atoms with Crippen LogP contribution in [-0.4, -0.2) is 30.9 Å². The van der Waals surface area contributed by atoms with Crippen LogP contribution in [0.15, 0.2) is 60.7 Å². The van der Waals surface area contributed by atoms with Crippen molar-refractivity contribution in [1.82, 2.24) is 4.90 Å². The number of likely N-dealkylation sites (N-methyl/N-ethyl adjacent to an activating group) is 1. The minimum absolute atomic E-state index is 0.118.